The molecule has 118 valence electrons. The molecule has 21 heavy (non-hydrogen) atoms. The third-order valence-electron chi connectivity index (χ3n) is 4.46. The number of thioether (sulfide) groups is 1. The molecule has 1 N–H and O–H groups in total. The Balaban J connectivity index is 2.12. The quantitative estimate of drug-likeness (QED) is 0.725. The summed E-state index contributed by atoms with van der Waals surface area (Å²) in [7, 11) is 0. The summed E-state index contributed by atoms with van der Waals surface area (Å²) < 4.78 is 0. The van der Waals surface area contributed by atoms with Crippen LogP contribution >= 0.6 is 11.8 Å². The van der Waals surface area contributed by atoms with E-state index in [0.29, 0.717) is 12.0 Å². The van der Waals surface area contributed by atoms with Crippen LogP contribution in [-0.4, -0.2) is 17.5 Å². The Morgan fingerprint density at radius 1 is 1.24 bits per heavy atom. The number of hydrogen-bond donors (Lipinski definition) is 1. The fourth-order valence-electron chi connectivity index (χ4n) is 3.22. The van der Waals surface area contributed by atoms with E-state index in [1.54, 1.807) is 11.1 Å². The number of hydrogen-bond acceptors (Lipinski definition) is 2. The van der Waals surface area contributed by atoms with Crippen molar-refractivity contribution < 1.29 is 0 Å². The predicted octanol–water partition coefficient (Wildman–Crippen LogP) is 5.38. The molecule has 0 saturated heterocycles. The van der Waals surface area contributed by atoms with E-state index in [9.17, 15) is 0 Å². The van der Waals surface area contributed by atoms with Crippen LogP contribution in [0.1, 0.15) is 70.0 Å². The first-order valence-corrected chi connectivity index (χ1v) is 9.62. The standard InChI is InChI=1S/C19H31NS/c1-5-11-20-19-17-9-7-6-8-16(17)15(4)13-18(19)21-12-10-14(2)3/h6-9,14-15,18-20H,5,10-13H2,1-4H3. The maximum absolute atomic E-state index is 3.82. The third kappa shape index (κ3) is 4.50. The van der Waals surface area contributed by atoms with Crippen LogP contribution in [0.4, 0.5) is 0 Å². The van der Waals surface area contributed by atoms with Crippen molar-refractivity contribution in [2.24, 2.45) is 5.92 Å². The molecule has 1 aromatic rings. The van der Waals surface area contributed by atoms with Crippen LogP contribution in [0.5, 0.6) is 0 Å². The molecule has 0 radical (unpaired) electrons. The SMILES string of the molecule is CCCNC1c2ccccc2C(C)CC1SCCC(C)C. The molecule has 1 aliphatic carbocycles. The Labute approximate surface area is 135 Å². The zero-order valence-corrected chi connectivity index (χ0v) is 14.9. The predicted molar refractivity (Wildman–Crippen MR) is 96.2 cm³/mol. The van der Waals surface area contributed by atoms with Crippen molar-refractivity contribution in [2.45, 2.75) is 64.2 Å². The van der Waals surface area contributed by atoms with Crippen molar-refractivity contribution in [3.63, 3.8) is 0 Å². The second-order valence-electron chi connectivity index (χ2n) is 6.79. The maximum Gasteiger partial charge on any atom is 0.0443 e. The molecule has 0 aromatic heterocycles. The molecular formula is C19H31NS. The average molecular weight is 306 g/mol. The fraction of sp³-hybridized carbons (Fsp3) is 0.684. The van der Waals surface area contributed by atoms with Crippen LogP contribution < -0.4 is 5.32 Å². The molecule has 2 rings (SSSR count). The lowest BCUT2D eigenvalue weighted by Gasteiger charge is -2.37. The van der Waals surface area contributed by atoms with Crippen molar-refractivity contribution in [1.29, 1.82) is 0 Å². The minimum absolute atomic E-state index is 0.537. The Bertz CT molecular complexity index is 429. The molecule has 0 spiro atoms. The summed E-state index contributed by atoms with van der Waals surface area (Å²) in [6.07, 6.45) is 3.84. The van der Waals surface area contributed by atoms with Gasteiger partial charge in [-0.15, -0.1) is 0 Å². The van der Waals surface area contributed by atoms with Gasteiger partial charge >= 0.3 is 0 Å². The number of fused-ring (bicyclic) bond motifs is 1. The van der Waals surface area contributed by atoms with Gasteiger partial charge in [0, 0.05) is 11.3 Å². The van der Waals surface area contributed by atoms with Crippen LogP contribution in [0, 0.1) is 5.92 Å². The number of rotatable bonds is 7. The highest BCUT2D eigenvalue weighted by atomic mass is 32.2. The van der Waals surface area contributed by atoms with E-state index < -0.39 is 0 Å². The lowest BCUT2D eigenvalue weighted by atomic mass is 9.80. The second-order valence-corrected chi connectivity index (χ2v) is 8.14. The fourth-order valence-corrected chi connectivity index (χ4v) is 4.99. The van der Waals surface area contributed by atoms with Crippen LogP contribution in [0.15, 0.2) is 24.3 Å². The summed E-state index contributed by atoms with van der Waals surface area (Å²) in [5, 5.41) is 4.54. The van der Waals surface area contributed by atoms with Gasteiger partial charge in [0.25, 0.3) is 0 Å². The molecule has 3 unspecified atom stereocenters. The Kier molecular flexibility index (Phi) is 6.63. The highest BCUT2D eigenvalue weighted by Gasteiger charge is 2.32. The van der Waals surface area contributed by atoms with Gasteiger partial charge in [-0.3, -0.25) is 0 Å². The first kappa shape index (κ1) is 16.9. The summed E-state index contributed by atoms with van der Waals surface area (Å²) in [5.74, 6) is 2.80. The van der Waals surface area contributed by atoms with Crippen LogP contribution in [0.2, 0.25) is 0 Å². The molecular weight excluding hydrogens is 274 g/mol. The van der Waals surface area contributed by atoms with Gasteiger partial charge in [-0.1, -0.05) is 52.0 Å². The van der Waals surface area contributed by atoms with Crippen molar-refractivity contribution in [1.82, 2.24) is 5.32 Å². The average Bonchev–Trinajstić information content (AvgIpc) is 2.46. The molecule has 1 nitrogen and oxygen atoms in total. The summed E-state index contributed by atoms with van der Waals surface area (Å²) in [4.78, 5) is 0. The van der Waals surface area contributed by atoms with Gasteiger partial charge in [0.15, 0.2) is 0 Å². The largest absolute Gasteiger partial charge is 0.309 e. The zero-order valence-electron chi connectivity index (χ0n) is 14.1. The topological polar surface area (TPSA) is 12.0 Å². The smallest absolute Gasteiger partial charge is 0.0443 e. The molecule has 0 saturated carbocycles. The van der Waals surface area contributed by atoms with Crippen molar-refractivity contribution in [3.8, 4) is 0 Å². The maximum atomic E-state index is 3.82. The van der Waals surface area contributed by atoms with E-state index in [2.05, 4.69) is 69.0 Å². The van der Waals surface area contributed by atoms with Gasteiger partial charge in [0.2, 0.25) is 0 Å². The van der Waals surface area contributed by atoms with E-state index in [0.717, 1.165) is 17.7 Å². The van der Waals surface area contributed by atoms with E-state index in [-0.39, 0.29) is 0 Å². The number of benzene rings is 1. The van der Waals surface area contributed by atoms with Gasteiger partial charge in [-0.2, -0.15) is 11.8 Å². The van der Waals surface area contributed by atoms with Gasteiger partial charge in [-0.25, -0.2) is 0 Å². The van der Waals surface area contributed by atoms with E-state index in [1.807, 2.05) is 0 Å². The van der Waals surface area contributed by atoms with Crippen LogP contribution in [-0.2, 0) is 0 Å². The molecule has 1 aromatic carbocycles. The summed E-state index contributed by atoms with van der Waals surface area (Å²) in [6, 6.07) is 9.60. The van der Waals surface area contributed by atoms with Gasteiger partial charge in [0.05, 0.1) is 0 Å². The van der Waals surface area contributed by atoms with Gasteiger partial charge in [-0.05, 0) is 54.5 Å². The number of nitrogens with one attached hydrogen (secondary N) is 1. The Morgan fingerprint density at radius 2 is 1.95 bits per heavy atom. The molecule has 1 aliphatic rings. The highest BCUT2D eigenvalue weighted by Crippen LogP contribution is 2.42. The monoisotopic (exact) mass is 305 g/mol. The lowest BCUT2D eigenvalue weighted by molar-refractivity contribution is 0.444. The van der Waals surface area contributed by atoms with E-state index in [1.165, 1.54) is 25.0 Å². The second kappa shape index (κ2) is 8.24. The lowest BCUT2D eigenvalue weighted by Crippen LogP contribution is -2.36. The molecule has 0 bridgehead atoms. The Morgan fingerprint density at radius 3 is 2.62 bits per heavy atom. The first-order chi connectivity index (χ1) is 10.1. The summed E-state index contributed by atoms with van der Waals surface area (Å²) in [5.41, 5.74) is 3.11. The summed E-state index contributed by atoms with van der Waals surface area (Å²) >= 11 is 2.19. The molecule has 0 heterocycles. The molecule has 0 fully saturated rings. The van der Waals surface area contributed by atoms with Crippen molar-refractivity contribution >= 4 is 11.8 Å². The molecule has 3 atom stereocenters. The minimum atomic E-state index is 0.537. The molecule has 0 amide bonds. The van der Waals surface area contributed by atoms with Crippen molar-refractivity contribution in [3.05, 3.63) is 35.4 Å². The first-order valence-electron chi connectivity index (χ1n) is 8.57. The van der Waals surface area contributed by atoms with Gasteiger partial charge in [0.1, 0.15) is 0 Å². The normalized spacial score (nSPS) is 25.1. The van der Waals surface area contributed by atoms with Crippen LogP contribution in [0.25, 0.3) is 0 Å². The molecule has 0 aliphatic heterocycles. The zero-order chi connectivity index (χ0) is 15.2. The highest BCUT2D eigenvalue weighted by molar-refractivity contribution is 7.99. The minimum Gasteiger partial charge on any atom is -0.309 e. The van der Waals surface area contributed by atoms with Crippen LogP contribution in [0.3, 0.4) is 0 Å². The van der Waals surface area contributed by atoms with Gasteiger partial charge < -0.3 is 5.32 Å². The summed E-state index contributed by atoms with van der Waals surface area (Å²) in [6.45, 7) is 10.4. The third-order valence-corrected chi connectivity index (χ3v) is 5.83. The van der Waals surface area contributed by atoms with E-state index in [4.69, 9.17) is 0 Å². The van der Waals surface area contributed by atoms with E-state index >= 15 is 0 Å². The molecule has 2 heteroatoms. The van der Waals surface area contributed by atoms with Crippen molar-refractivity contribution in [2.75, 3.05) is 12.3 Å². The Hall–Kier alpha value is -0.470.